The molecule has 0 N–H and O–H groups in total. The molecule has 1 aliphatic heterocycles. The minimum Gasteiger partial charge on any atom is -0.129 e. The lowest BCUT2D eigenvalue weighted by atomic mass is 9.65. The topological polar surface area (TPSA) is 0 Å². The van der Waals surface area contributed by atoms with Gasteiger partial charge in [-0.15, -0.1) is 23.5 Å². The Morgan fingerprint density at radius 2 is 1.58 bits per heavy atom. The quantitative estimate of drug-likeness (QED) is 0.681. The van der Waals surface area contributed by atoms with Crippen LogP contribution in [0.2, 0.25) is 0 Å². The Labute approximate surface area is 125 Å². The first-order valence-corrected chi connectivity index (χ1v) is 8.99. The Balaban J connectivity index is 2.13. The first-order valence-electron chi connectivity index (χ1n) is 7.01. The highest BCUT2D eigenvalue weighted by Crippen LogP contribution is 2.63. The molecule has 1 heterocycles. The van der Waals surface area contributed by atoms with E-state index in [1.165, 1.54) is 29.1 Å². The summed E-state index contributed by atoms with van der Waals surface area (Å²) >= 11 is 4.20. The normalized spacial score (nSPS) is 29.5. The van der Waals surface area contributed by atoms with Gasteiger partial charge in [0, 0.05) is 21.8 Å². The summed E-state index contributed by atoms with van der Waals surface area (Å²) < 4.78 is 0. The highest BCUT2D eigenvalue weighted by molar-refractivity contribution is 8.10. The highest BCUT2D eigenvalue weighted by Gasteiger charge is 2.52. The molecule has 0 aromatic heterocycles. The van der Waals surface area contributed by atoms with Crippen LogP contribution in [0, 0.1) is 12.3 Å². The van der Waals surface area contributed by atoms with E-state index in [4.69, 9.17) is 0 Å². The van der Waals surface area contributed by atoms with E-state index >= 15 is 0 Å². The van der Waals surface area contributed by atoms with Crippen molar-refractivity contribution in [2.24, 2.45) is 5.41 Å². The number of hydrogen-bond donors (Lipinski definition) is 0. The minimum absolute atomic E-state index is 0.189. The number of allylic oxidation sites excluding steroid dienone is 2. The van der Waals surface area contributed by atoms with Crippen molar-refractivity contribution in [3.63, 3.8) is 0 Å². The smallest absolute Gasteiger partial charge is 0.0296 e. The number of hydrogen-bond acceptors (Lipinski definition) is 2. The summed E-state index contributed by atoms with van der Waals surface area (Å²) in [6, 6.07) is 9.20. The zero-order valence-electron chi connectivity index (χ0n) is 12.2. The van der Waals surface area contributed by atoms with Gasteiger partial charge in [-0.2, -0.15) is 0 Å². The van der Waals surface area contributed by atoms with E-state index in [0.29, 0.717) is 5.41 Å². The summed E-state index contributed by atoms with van der Waals surface area (Å²) in [5.41, 5.74) is 3.34. The predicted molar refractivity (Wildman–Crippen MR) is 88.9 cm³/mol. The Bertz CT molecular complexity index is 525. The van der Waals surface area contributed by atoms with Gasteiger partial charge in [0.2, 0.25) is 0 Å². The van der Waals surface area contributed by atoms with Gasteiger partial charge in [-0.25, -0.2) is 0 Å². The van der Waals surface area contributed by atoms with Crippen LogP contribution >= 0.6 is 23.5 Å². The molecular weight excluding hydrogens is 268 g/mol. The molecule has 2 heteroatoms. The van der Waals surface area contributed by atoms with Crippen molar-refractivity contribution in [3.8, 4) is 0 Å². The molecule has 0 saturated carbocycles. The van der Waals surface area contributed by atoms with Crippen molar-refractivity contribution in [2.75, 3.05) is 11.5 Å². The van der Waals surface area contributed by atoms with Crippen LogP contribution in [-0.4, -0.2) is 11.5 Å². The predicted octanol–water partition coefficient (Wildman–Crippen LogP) is 5.37. The fraction of sp³-hybridized carbons (Fsp3) is 0.529. The van der Waals surface area contributed by atoms with E-state index in [1.807, 2.05) is 0 Å². The van der Waals surface area contributed by atoms with Crippen LogP contribution < -0.4 is 0 Å². The summed E-state index contributed by atoms with van der Waals surface area (Å²) in [7, 11) is 0. The van der Waals surface area contributed by atoms with Crippen LogP contribution in [0.4, 0.5) is 0 Å². The molecule has 0 amide bonds. The van der Waals surface area contributed by atoms with Gasteiger partial charge in [0.05, 0.1) is 0 Å². The van der Waals surface area contributed by atoms with Gasteiger partial charge < -0.3 is 0 Å². The van der Waals surface area contributed by atoms with Crippen molar-refractivity contribution in [2.45, 2.75) is 39.5 Å². The fourth-order valence-electron chi connectivity index (χ4n) is 3.30. The molecule has 0 bridgehead atoms. The van der Waals surface area contributed by atoms with Crippen LogP contribution in [0.1, 0.15) is 38.3 Å². The summed E-state index contributed by atoms with van der Waals surface area (Å²) in [4.78, 5) is 3.31. The van der Waals surface area contributed by atoms with E-state index in [9.17, 15) is 0 Å². The molecule has 1 aromatic carbocycles. The number of rotatable bonds is 1. The van der Waals surface area contributed by atoms with Crippen molar-refractivity contribution in [1.82, 2.24) is 0 Å². The van der Waals surface area contributed by atoms with Gasteiger partial charge in [-0.05, 0) is 29.2 Å². The molecule has 0 fully saturated rings. The number of benzene rings is 1. The average Bonchev–Trinajstić information content (AvgIpc) is 2.59. The third-order valence-electron chi connectivity index (χ3n) is 4.90. The van der Waals surface area contributed by atoms with Crippen molar-refractivity contribution in [3.05, 3.63) is 45.2 Å². The molecule has 0 nitrogen and oxygen atoms in total. The fourth-order valence-corrected chi connectivity index (χ4v) is 6.49. The largest absolute Gasteiger partial charge is 0.129 e. The van der Waals surface area contributed by atoms with Gasteiger partial charge in [-0.3, -0.25) is 0 Å². The maximum Gasteiger partial charge on any atom is 0.0296 e. The molecule has 102 valence electrons. The maximum absolute atomic E-state index is 2.46. The lowest BCUT2D eigenvalue weighted by molar-refractivity contribution is 0.249. The zero-order valence-corrected chi connectivity index (χ0v) is 13.9. The molecule has 0 saturated heterocycles. The van der Waals surface area contributed by atoms with E-state index < -0.39 is 0 Å². The number of aryl methyl sites for hydroxylation is 1. The SMILES string of the molecule is Cc1ccc(C2(C)C3=C(CC2(C)C)SCCS3)cc1. The van der Waals surface area contributed by atoms with Crippen molar-refractivity contribution < 1.29 is 0 Å². The summed E-state index contributed by atoms with van der Waals surface area (Å²) in [5, 5.41) is 0. The number of thioether (sulfide) groups is 2. The van der Waals surface area contributed by atoms with E-state index in [-0.39, 0.29) is 5.41 Å². The summed E-state index contributed by atoms with van der Waals surface area (Å²) in [6.45, 7) is 9.50. The van der Waals surface area contributed by atoms with Crippen LogP contribution in [0.15, 0.2) is 34.1 Å². The second kappa shape index (κ2) is 4.60. The molecular formula is C17H22S2. The monoisotopic (exact) mass is 290 g/mol. The molecule has 1 aliphatic carbocycles. The minimum atomic E-state index is 0.189. The Morgan fingerprint density at radius 3 is 2.26 bits per heavy atom. The molecule has 0 radical (unpaired) electrons. The Hall–Kier alpha value is -0.340. The van der Waals surface area contributed by atoms with E-state index in [2.05, 4.69) is 75.5 Å². The maximum atomic E-state index is 2.46. The first-order chi connectivity index (χ1) is 8.95. The zero-order chi connectivity index (χ0) is 13.7. The van der Waals surface area contributed by atoms with Crippen LogP contribution in [0.25, 0.3) is 0 Å². The molecule has 3 rings (SSSR count). The van der Waals surface area contributed by atoms with Gasteiger partial charge in [-0.1, -0.05) is 50.6 Å². The summed E-state index contributed by atoms with van der Waals surface area (Å²) in [6.07, 6.45) is 1.24. The standard InChI is InChI=1S/C17H22S2/c1-12-5-7-13(8-6-12)17(4)15-14(11-16(17,2)3)18-9-10-19-15/h5-8H,9-11H2,1-4H3. The Morgan fingerprint density at radius 1 is 0.947 bits per heavy atom. The second-order valence-electron chi connectivity index (χ2n) is 6.50. The molecule has 1 aromatic rings. The Kier molecular flexibility index (Phi) is 3.30. The van der Waals surface area contributed by atoms with Crippen LogP contribution in [0.5, 0.6) is 0 Å². The average molecular weight is 290 g/mol. The second-order valence-corrected chi connectivity index (χ2v) is 8.80. The molecule has 19 heavy (non-hydrogen) atoms. The lowest BCUT2D eigenvalue weighted by Gasteiger charge is -2.41. The molecule has 1 atom stereocenters. The van der Waals surface area contributed by atoms with E-state index in [0.717, 1.165) is 0 Å². The molecule has 0 spiro atoms. The third kappa shape index (κ3) is 1.99. The van der Waals surface area contributed by atoms with Gasteiger partial charge in [0.25, 0.3) is 0 Å². The van der Waals surface area contributed by atoms with E-state index in [1.54, 1.807) is 9.81 Å². The van der Waals surface area contributed by atoms with Gasteiger partial charge in [0.15, 0.2) is 0 Å². The first kappa shape index (κ1) is 13.6. The highest BCUT2D eigenvalue weighted by atomic mass is 32.2. The molecule has 1 unspecified atom stereocenters. The van der Waals surface area contributed by atoms with Gasteiger partial charge >= 0.3 is 0 Å². The van der Waals surface area contributed by atoms with Crippen molar-refractivity contribution in [1.29, 1.82) is 0 Å². The third-order valence-corrected chi connectivity index (χ3v) is 7.74. The summed E-state index contributed by atoms with van der Waals surface area (Å²) in [5.74, 6) is 2.55. The lowest BCUT2D eigenvalue weighted by Crippen LogP contribution is -2.36. The van der Waals surface area contributed by atoms with Gasteiger partial charge in [0.1, 0.15) is 0 Å². The van der Waals surface area contributed by atoms with Crippen LogP contribution in [-0.2, 0) is 5.41 Å². The molecule has 2 aliphatic rings. The van der Waals surface area contributed by atoms with Crippen molar-refractivity contribution >= 4 is 23.5 Å². The van der Waals surface area contributed by atoms with Crippen LogP contribution in [0.3, 0.4) is 0 Å².